The highest BCUT2D eigenvalue weighted by Gasteiger charge is 2.26. The van der Waals surface area contributed by atoms with E-state index in [0.717, 1.165) is 18.7 Å². The average molecular weight is 404 g/mol. The maximum atomic E-state index is 12.9. The molecular formula is C20H25N3O4S. The van der Waals surface area contributed by atoms with Crippen molar-refractivity contribution >= 4 is 27.3 Å². The molecule has 0 aliphatic carbocycles. The molecule has 8 heteroatoms. The molecule has 0 fully saturated rings. The summed E-state index contributed by atoms with van der Waals surface area (Å²) >= 11 is 0. The van der Waals surface area contributed by atoms with Crippen LogP contribution in [0.5, 0.6) is 5.75 Å². The smallest absolute Gasteiger partial charge is 0.244 e. The number of carbonyl (C=O) groups excluding carboxylic acids is 1. The maximum absolute atomic E-state index is 12.9. The van der Waals surface area contributed by atoms with Crippen LogP contribution in [0.15, 0.2) is 47.4 Å². The van der Waals surface area contributed by atoms with Crippen molar-refractivity contribution in [3.05, 3.63) is 48.0 Å². The van der Waals surface area contributed by atoms with Gasteiger partial charge in [-0.3, -0.25) is 4.79 Å². The molecule has 0 radical (unpaired) electrons. The molecule has 3 rings (SSSR count). The van der Waals surface area contributed by atoms with Gasteiger partial charge in [0.05, 0.1) is 7.11 Å². The Balaban J connectivity index is 1.76. The number of hydrogen-bond donors (Lipinski definition) is 2. The highest BCUT2D eigenvalue weighted by Crippen LogP contribution is 2.30. The first kappa shape index (κ1) is 20.2. The van der Waals surface area contributed by atoms with Gasteiger partial charge in [-0.2, -0.15) is 0 Å². The van der Waals surface area contributed by atoms with E-state index in [0.29, 0.717) is 5.69 Å². The lowest BCUT2D eigenvalue weighted by Gasteiger charge is -2.27. The van der Waals surface area contributed by atoms with Crippen LogP contribution in [-0.4, -0.2) is 40.6 Å². The van der Waals surface area contributed by atoms with Crippen LogP contribution in [0, 0.1) is 0 Å². The Kier molecular flexibility index (Phi) is 5.90. The lowest BCUT2D eigenvalue weighted by molar-refractivity contribution is -0.114. The second kappa shape index (κ2) is 8.20. The summed E-state index contributed by atoms with van der Waals surface area (Å²) < 4.78 is 33.7. The summed E-state index contributed by atoms with van der Waals surface area (Å²) in [5.74, 6) is -0.0523. The molecule has 0 saturated heterocycles. The number of methoxy groups -OCH3 is 1. The quantitative estimate of drug-likeness (QED) is 0.741. The number of para-hydroxylation sites is 1. The van der Waals surface area contributed by atoms with Gasteiger partial charge >= 0.3 is 0 Å². The summed E-state index contributed by atoms with van der Waals surface area (Å²) in [6.45, 7) is 4.48. The highest BCUT2D eigenvalue weighted by molar-refractivity contribution is 7.89. The number of amides is 1. The summed E-state index contributed by atoms with van der Waals surface area (Å²) in [6, 6.07) is 12.7. The van der Waals surface area contributed by atoms with Crippen molar-refractivity contribution in [3.63, 3.8) is 0 Å². The van der Waals surface area contributed by atoms with E-state index in [1.165, 1.54) is 31.7 Å². The molecule has 1 unspecified atom stereocenters. The summed E-state index contributed by atoms with van der Waals surface area (Å²) in [5.41, 5.74) is 2.83. The monoisotopic (exact) mass is 403 g/mol. The van der Waals surface area contributed by atoms with Gasteiger partial charge in [0, 0.05) is 37.4 Å². The van der Waals surface area contributed by atoms with Crippen molar-refractivity contribution in [1.82, 2.24) is 4.72 Å². The van der Waals surface area contributed by atoms with Crippen molar-refractivity contribution in [1.29, 1.82) is 0 Å². The number of sulfonamides is 1. The van der Waals surface area contributed by atoms with Crippen molar-refractivity contribution < 1.29 is 17.9 Å². The first-order valence-electron chi connectivity index (χ1n) is 9.11. The SMILES string of the molecule is COc1ccc(NC(C)=O)cc1S(=O)(=O)NCC(C)N1CCc2ccccc21. The lowest BCUT2D eigenvalue weighted by Crippen LogP contribution is -2.41. The van der Waals surface area contributed by atoms with E-state index in [2.05, 4.69) is 27.1 Å². The number of ether oxygens (including phenoxy) is 1. The molecule has 1 heterocycles. The van der Waals surface area contributed by atoms with Crippen LogP contribution in [-0.2, 0) is 21.2 Å². The van der Waals surface area contributed by atoms with E-state index >= 15 is 0 Å². The molecule has 0 bridgehead atoms. The minimum atomic E-state index is -3.82. The van der Waals surface area contributed by atoms with E-state index in [9.17, 15) is 13.2 Å². The highest BCUT2D eigenvalue weighted by atomic mass is 32.2. The molecule has 150 valence electrons. The molecule has 1 aliphatic heterocycles. The number of nitrogens with zero attached hydrogens (tertiary/aromatic N) is 1. The zero-order valence-electron chi connectivity index (χ0n) is 16.2. The fraction of sp³-hybridized carbons (Fsp3) is 0.350. The second-order valence-corrected chi connectivity index (χ2v) is 8.56. The Morgan fingerprint density at radius 1 is 1.25 bits per heavy atom. The van der Waals surface area contributed by atoms with Gasteiger partial charge in [-0.15, -0.1) is 0 Å². The second-order valence-electron chi connectivity index (χ2n) is 6.82. The van der Waals surface area contributed by atoms with Crippen LogP contribution in [0.2, 0.25) is 0 Å². The summed E-state index contributed by atoms with van der Waals surface area (Å²) in [6.07, 6.45) is 0.958. The van der Waals surface area contributed by atoms with Gasteiger partial charge in [-0.25, -0.2) is 13.1 Å². The number of benzene rings is 2. The molecule has 1 aliphatic rings. The fourth-order valence-corrected chi connectivity index (χ4v) is 4.72. The number of nitrogens with one attached hydrogen (secondary N) is 2. The predicted octanol–water partition coefficient (Wildman–Crippen LogP) is 2.38. The molecule has 2 aromatic carbocycles. The third kappa shape index (κ3) is 4.28. The van der Waals surface area contributed by atoms with E-state index in [-0.39, 0.29) is 29.1 Å². The molecule has 2 aromatic rings. The molecule has 2 N–H and O–H groups in total. The van der Waals surface area contributed by atoms with Gasteiger partial charge in [0.25, 0.3) is 0 Å². The number of fused-ring (bicyclic) bond motifs is 1. The molecule has 7 nitrogen and oxygen atoms in total. The van der Waals surface area contributed by atoms with E-state index < -0.39 is 10.0 Å². The zero-order chi connectivity index (χ0) is 20.3. The van der Waals surface area contributed by atoms with Gasteiger partial charge in [0.1, 0.15) is 10.6 Å². The Labute approximate surface area is 165 Å². The average Bonchev–Trinajstić information content (AvgIpc) is 3.10. The predicted molar refractivity (Wildman–Crippen MR) is 109 cm³/mol. The van der Waals surface area contributed by atoms with Crippen molar-refractivity contribution in [2.75, 3.05) is 30.4 Å². The van der Waals surface area contributed by atoms with Crippen molar-refractivity contribution in [2.24, 2.45) is 0 Å². The van der Waals surface area contributed by atoms with Crippen LogP contribution in [0.3, 0.4) is 0 Å². The summed E-state index contributed by atoms with van der Waals surface area (Å²) in [7, 11) is -2.40. The molecular weight excluding hydrogens is 378 g/mol. The third-order valence-electron chi connectivity index (χ3n) is 4.80. The van der Waals surface area contributed by atoms with Gasteiger partial charge < -0.3 is 15.0 Å². The normalized spacial score (nSPS) is 14.5. The summed E-state index contributed by atoms with van der Waals surface area (Å²) in [4.78, 5) is 13.5. The fourth-order valence-electron chi connectivity index (χ4n) is 3.41. The van der Waals surface area contributed by atoms with Gasteiger partial charge in [0.15, 0.2) is 0 Å². The van der Waals surface area contributed by atoms with Crippen LogP contribution >= 0.6 is 0 Å². The topological polar surface area (TPSA) is 87.7 Å². The zero-order valence-corrected chi connectivity index (χ0v) is 17.0. The largest absolute Gasteiger partial charge is 0.495 e. The molecule has 0 saturated carbocycles. The third-order valence-corrected chi connectivity index (χ3v) is 6.24. The number of hydrogen-bond acceptors (Lipinski definition) is 5. The molecule has 1 amide bonds. The van der Waals surface area contributed by atoms with E-state index in [1.807, 2.05) is 19.1 Å². The molecule has 1 atom stereocenters. The molecule has 0 spiro atoms. The Hall–Kier alpha value is -2.58. The summed E-state index contributed by atoms with van der Waals surface area (Å²) in [5, 5.41) is 2.59. The minimum absolute atomic E-state index is 0.00438. The lowest BCUT2D eigenvalue weighted by atomic mass is 10.2. The van der Waals surface area contributed by atoms with Crippen LogP contribution in [0.1, 0.15) is 19.4 Å². The van der Waals surface area contributed by atoms with Crippen LogP contribution in [0.25, 0.3) is 0 Å². The Morgan fingerprint density at radius 3 is 2.71 bits per heavy atom. The Morgan fingerprint density at radius 2 is 2.00 bits per heavy atom. The number of rotatable bonds is 7. The first-order chi connectivity index (χ1) is 13.3. The minimum Gasteiger partial charge on any atom is -0.495 e. The molecule has 0 aromatic heterocycles. The number of carbonyl (C=O) groups is 1. The Bertz CT molecular complexity index is 975. The standard InChI is InChI=1S/C20H25N3O4S/c1-14(23-11-10-16-6-4-5-7-18(16)23)13-21-28(25,26)20-12-17(22-15(2)24)8-9-19(20)27-3/h4-9,12,14,21H,10-11,13H2,1-3H3,(H,22,24). The van der Waals surface area contributed by atoms with Crippen molar-refractivity contribution in [3.8, 4) is 5.75 Å². The van der Waals surface area contributed by atoms with E-state index in [4.69, 9.17) is 4.74 Å². The van der Waals surface area contributed by atoms with Crippen LogP contribution in [0.4, 0.5) is 11.4 Å². The first-order valence-corrected chi connectivity index (χ1v) is 10.6. The van der Waals surface area contributed by atoms with Gasteiger partial charge in [0.2, 0.25) is 15.9 Å². The van der Waals surface area contributed by atoms with Gasteiger partial charge in [-0.05, 0) is 43.2 Å². The number of anilines is 2. The van der Waals surface area contributed by atoms with Crippen molar-refractivity contribution in [2.45, 2.75) is 31.2 Å². The van der Waals surface area contributed by atoms with E-state index in [1.54, 1.807) is 6.07 Å². The molecule has 28 heavy (non-hydrogen) atoms. The van der Waals surface area contributed by atoms with Gasteiger partial charge in [-0.1, -0.05) is 18.2 Å². The maximum Gasteiger partial charge on any atom is 0.244 e. The van der Waals surface area contributed by atoms with Crippen LogP contribution < -0.4 is 19.7 Å².